The van der Waals surface area contributed by atoms with Crippen LogP contribution in [0.2, 0.25) is 0 Å². The number of ether oxygens (including phenoxy) is 1. The number of nitrogens with zero attached hydrogens (tertiary/aromatic N) is 1. The van der Waals surface area contributed by atoms with Crippen LogP contribution in [-0.4, -0.2) is 41.2 Å². The summed E-state index contributed by atoms with van der Waals surface area (Å²) in [7, 11) is 0. The van der Waals surface area contributed by atoms with E-state index in [0.29, 0.717) is 18.2 Å². The number of halogens is 1. The fourth-order valence-corrected chi connectivity index (χ4v) is 2.47. The lowest BCUT2D eigenvalue weighted by Crippen LogP contribution is -2.52. The van der Waals surface area contributed by atoms with E-state index in [1.165, 1.54) is 18.2 Å². The summed E-state index contributed by atoms with van der Waals surface area (Å²) in [5, 5.41) is 2.88. The second-order valence-corrected chi connectivity index (χ2v) is 5.29. The third-order valence-corrected chi connectivity index (χ3v) is 3.41. The van der Waals surface area contributed by atoms with Crippen LogP contribution in [0.15, 0.2) is 24.3 Å². The first-order valence-corrected chi connectivity index (χ1v) is 6.88. The number of nitrogens with one attached hydrogen (secondary N) is 1. The van der Waals surface area contributed by atoms with Crippen molar-refractivity contribution in [1.82, 2.24) is 10.2 Å². The summed E-state index contributed by atoms with van der Waals surface area (Å²) in [5.74, 6) is -1.09. The molecule has 0 spiro atoms. The Kier molecular flexibility index (Phi) is 4.67. The normalized spacial score (nSPS) is 22.4. The third kappa shape index (κ3) is 3.52. The van der Waals surface area contributed by atoms with Crippen molar-refractivity contribution >= 4 is 23.2 Å². The molecular formula is C14H17FN2O2S. The van der Waals surface area contributed by atoms with Crippen LogP contribution in [-0.2, 0) is 4.74 Å². The number of hydrogen-bond donors (Lipinski definition) is 1. The van der Waals surface area contributed by atoms with Crippen LogP contribution in [0.5, 0.6) is 0 Å². The summed E-state index contributed by atoms with van der Waals surface area (Å²) in [6, 6.07) is 5.82. The highest BCUT2D eigenvalue weighted by molar-refractivity contribution is 7.80. The first-order valence-electron chi connectivity index (χ1n) is 6.47. The minimum atomic E-state index is -0.559. The Balaban J connectivity index is 2.01. The second-order valence-electron chi connectivity index (χ2n) is 4.90. The Hall–Kier alpha value is -1.53. The van der Waals surface area contributed by atoms with Gasteiger partial charge in [0, 0.05) is 13.1 Å². The quantitative estimate of drug-likeness (QED) is 0.804. The average molecular weight is 296 g/mol. The lowest BCUT2D eigenvalue weighted by molar-refractivity contribution is -0.0481. The molecular weight excluding hydrogens is 279 g/mol. The van der Waals surface area contributed by atoms with Gasteiger partial charge in [-0.2, -0.15) is 0 Å². The molecule has 20 heavy (non-hydrogen) atoms. The van der Waals surface area contributed by atoms with Gasteiger partial charge in [-0.1, -0.05) is 12.1 Å². The molecule has 2 rings (SSSR count). The van der Waals surface area contributed by atoms with Crippen molar-refractivity contribution in [1.29, 1.82) is 0 Å². The van der Waals surface area contributed by atoms with Crippen molar-refractivity contribution < 1.29 is 13.9 Å². The van der Waals surface area contributed by atoms with Crippen LogP contribution < -0.4 is 5.32 Å². The Morgan fingerprint density at radius 2 is 1.95 bits per heavy atom. The first kappa shape index (κ1) is 14.9. The molecule has 1 aromatic carbocycles. The lowest BCUT2D eigenvalue weighted by atomic mass is 10.2. The molecule has 1 saturated heterocycles. The molecule has 1 aliphatic rings. The van der Waals surface area contributed by atoms with Crippen LogP contribution in [0.4, 0.5) is 4.39 Å². The zero-order valence-corrected chi connectivity index (χ0v) is 12.2. The fourth-order valence-electron chi connectivity index (χ4n) is 2.23. The van der Waals surface area contributed by atoms with Crippen molar-refractivity contribution in [3.8, 4) is 0 Å². The number of amides is 1. The number of carbonyl (C=O) groups is 1. The Labute approximate surface area is 122 Å². The van der Waals surface area contributed by atoms with Gasteiger partial charge in [0.25, 0.3) is 5.91 Å². The number of hydrogen-bond acceptors (Lipinski definition) is 3. The standard InChI is InChI=1S/C14H17FN2O2S/c1-9-7-17(8-10(2)19-9)14(20)16-13(18)11-5-3-4-6-12(11)15/h3-6,9-10H,7-8H2,1-2H3,(H,16,18,20). The number of thiocarbonyl (C=S) groups is 1. The van der Waals surface area contributed by atoms with Gasteiger partial charge in [0.2, 0.25) is 0 Å². The van der Waals surface area contributed by atoms with Gasteiger partial charge in [-0.15, -0.1) is 0 Å². The van der Waals surface area contributed by atoms with Gasteiger partial charge in [-0.05, 0) is 38.2 Å². The largest absolute Gasteiger partial charge is 0.372 e. The van der Waals surface area contributed by atoms with Gasteiger partial charge in [-0.3, -0.25) is 10.1 Å². The summed E-state index contributed by atoms with van der Waals surface area (Å²) in [6.45, 7) is 5.12. The van der Waals surface area contributed by atoms with Crippen LogP contribution in [0, 0.1) is 5.82 Å². The summed E-state index contributed by atoms with van der Waals surface area (Å²) in [4.78, 5) is 13.9. The van der Waals surface area contributed by atoms with Crippen LogP contribution in [0.1, 0.15) is 24.2 Å². The van der Waals surface area contributed by atoms with Gasteiger partial charge in [0.05, 0.1) is 17.8 Å². The van der Waals surface area contributed by atoms with E-state index in [1.54, 1.807) is 6.07 Å². The minimum absolute atomic E-state index is 0.00999. The predicted molar refractivity (Wildman–Crippen MR) is 78.0 cm³/mol. The van der Waals surface area contributed by atoms with Gasteiger partial charge in [-0.25, -0.2) is 4.39 Å². The van der Waals surface area contributed by atoms with Crippen molar-refractivity contribution in [3.63, 3.8) is 0 Å². The summed E-state index contributed by atoms with van der Waals surface area (Å²) < 4.78 is 19.1. The summed E-state index contributed by atoms with van der Waals surface area (Å²) >= 11 is 5.22. The molecule has 0 radical (unpaired) electrons. The Morgan fingerprint density at radius 1 is 1.35 bits per heavy atom. The number of rotatable bonds is 1. The maximum Gasteiger partial charge on any atom is 0.260 e. The molecule has 1 amide bonds. The van der Waals surface area contributed by atoms with Crippen molar-refractivity contribution in [2.24, 2.45) is 0 Å². The number of benzene rings is 1. The molecule has 0 aromatic heterocycles. The molecule has 4 nitrogen and oxygen atoms in total. The van der Waals surface area contributed by atoms with Gasteiger partial charge < -0.3 is 9.64 Å². The molecule has 1 N–H and O–H groups in total. The minimum Gasteiger partial charge on any atom is -0.372 e. The van der Waals surface area contributed by atoms with Crippen LogP contribution >= 0.6 is 12.2 Å². The van der Waals surface area contributed by atoms with Crippen LogP contribution in [0.3, 0.4) is 0 Å². The molecule has 0 aliphatic carbocycles. The van der Waals surface area contributed by atoms with E-state index in [-0.39, 0.29) is 17.8 Å². The number of carbonyl (C=O) groups excluding carboxylic acids is 1. The smallest absolute Gasteiger partial charge is 0.260 e. The van der Waals surface area contributed by atoms with Gasteiger partial charge in [0.15, 0.2) is 5.11 Å². The van der Waals surface area contributed by atoms with E-state index in [2.05, 4.69) is 5.32 Å². The molecule has 6 heteroatoms. The highest BCUT2D eigenvalue weighted by atomic mass is 32.1. The van der Waals surface area contributed by atoms with E-state index in [4.69, 9.17) is 17.0 Å². The van der Waals surface area contributed by atoms with E-state index in [0.717, 1.165) is 0 Å². The lowest BCUT2D eigenvalue weighted by Gasteiger charge is -2.36. The predicted octanol–water partition coefficient (Wildman–Crippen LogP) is 1.95. The molecule has 2 unspecified atom stereocenters. The zero-order valence-electron chi connectivity index (χ0n) is 11.4. The molecule has 1 aromatic rings. The van der Waals surface area contributed by atoms with Gasteiger partial charge >= 0.3 is 0 Å². The SMILES string of the molecule is CC1CN(C(=S)NC(=O)c2ccccc2F)CC(C)O1. The molecule has 1 heterocycles. The summed E-state index contributed by atoms with van der Waals surface area (Å²) in [5.41, 5.74) is -0.00999. The highest BCUT2D eigenvalue weighted by Crippen LogP contribution is 2.11. The average Bonchev–Trinajstić information content (AvgIpc) is 2.37. The zero-order chi connectivity index (χ0) is 14.7. The van der Waals surface area contributed by atoms with Gasteiger partial charge in [0.1, 0.15) is 5.82 Å². The van der Waals surface area contributed by atoms with Crippen molar-refractivity contribution in [2.75, 3.05) is 13.1 Å². The maximum absolute atomic E-state index is 13.5. The monoisotopic (exact) mass is 296 g/mol. The van der Waals surface area contributed by atoms with E-state index < -0.39 is 11.7 Å². The molecule has 0 saturated carbocycles. The topological polar surface area (TPSA) is 41.6 Å². The maximum atomic E-state index is 13.5. The molecule has 108 valence electrons. The Bertz CT molecular complexity index is 514. The number of morpholine rings is 1. The summed E-state index contributed by atoms with van der Waals surface area (Å²) in [6.07, 6.45) is 0.0872. The third-order valence-electron chi connectivity index (χ3n) is 3.05. The van der Waals surface area contributed by atoms with E-state index in [9.17, 15) is 9.18 Å². The van der Waals surface area contributed by atoms with E-state index in [1.807, 2.05) is 18.7 Å². The van der Waals surface area contributed by atoms with Crippen molar-refractivity contribution in [2.45, 2.75) is 26.1 Å². The molecule has 0 bridgehead atoms. The fraction of sp³-hybridized carbons (Fsp3) is 0.429. The second kappa shape index (κ2) is 6.28. The molecule has 1 aliphatic heterocycles. The van der Waals surface area contributed by atoms with Crippen LogP contribution in [0.25, 0.3) is 0 Å². The Morgan fingerprint density at radius 3 is 2.55 bits per heavy atom. The highest BCUT2D eigenvalue weighted by Gasteiger charge is 2.25. The molecule has 1 fully saturated rings. The van der Waals surface area contributed by atoms with E-state index >= 15 is 0 Å². The van der Waals surface area contributed by atoms with Crippen molar-refractivity contribution in [3.05, 3.63) is 35.6 Å². The molecule has 2 atom stereocenters. The first-order chi connectivity index (χ1) is 9.47.